The fourth-order valence-electron chi connectivity index (χ4n) is 2.72. The van der Waals surface area contributed by atoms with Gasteiger partial charge in [-0.2, -0.15) is 0 Å². The molecule has 18 heavy (non-hydrogen) atoms. The SMILES string of the molecule is NCC1CCC(CNS(=O)(=O)CCC2CC2)CC1. The molecule has 5 heteroatoms. The Labute approximate surface area is 111 Å². The van der Waals surface area contributed by atoms with E-state index in [0.29, 0.717) is 30.1 Å². The first kappa shape index (κ1) is 14.3. The van der Waals surface area contributed by atoms with Crippen molar-refractivity contribution in [3.8, 4) is 0 Å². The van der Waals surface area contributed by atoms with E-state index in [4.69, 9.17) is 5.73 Å². The molecule has 0 radical (unpaired) electrons. The van der Waals surface area contributed by atoms with Gasteiger partial charge in [-0.3, -0.25) is 0 Å². The Morgan fingerprint density at radius 2 is 1.50 bits per heavy atom. The summed E-state index contributed by atoms with van der Waals surface area (Å²) >= 11 is 0. The Hall–Kier alpha value is -0.130. The van der Waals surface area contributed by atoms with Gasteiger partial charge in [-0.25, -0.2) is 13.1 Å². The summed E-state index contributed by atoms with van der Waals surface area (Å²) in [6.45, 7) is 1.41. The zero-order valence-corrected chi connectivity index (χ0v) is 11.9. The number of rotatable bonds is 7. The number of hydrogen-bond donors (Lipinski definition) is 2. The van der Waals surface area contributed by atoms with Crippen LogP contribution in [0.4, 0.5) is 0 Å². The first-order chi connectivity index (χ1) is 8.59. The molecule has 0 saturated heterocycles. The first-order valence-corrected chi connectivity index (χ1v) is 8.91. The summed E-state index contributed by atoms with van der Waals surface area (Å²) in [4.78, 5) is 0. The van der Waals surface area contributed by atoms with E-state index < -0.39 is 10.0 Å². The van der Waals surface area contributed by atoms with Crippen LogP contribution in [0, 0.1) is 17.8 Å². The smallest absolute Gasteiger partial charge is 0.211 e. The molecule has 0 aromatic carbocycles. The van der Waals surface area contributed by atoms with E-state index in [1.165, 1.54) is 12.8 Å². The van der Waals surface area contributed by atoms with Gasteiger partial charge in [-0.05, 0) is 56.4 Å². The zero-order chi connectivity index (χ0) is 13.0. The van der Waals surface area contributed by atoms with E-state index in [9.17, 15) is 8.42 Å². The fraction of sp³-hybridized carbons (Fsp3) is 1.00. The third-order valence-electron chi connectivity index (χ3n) is 4.38. The van der Waals surface area contributed by atoms with Crippen LogP contribution in [0.2, 0.25) is 0 Å². The number of hydrogen-bond acceptors (Lipinski definition) is 3. The molecule has 0 aliphatic heterocycles. The second kappa shape index (κ2) is 6.35. The molecule has 0 atom stereocenters. The summed E-state index contributed by atoms with van der Waals surface area (Å²) in [5.74, 6) is 2.17. The van der Waals surface area contributed by atoms with E-state index in [-0.39, 0.29) is 0 Å². The molecule has 2 aliphatic rings. The van der Waals surface area contributed by atoms with Gasteiger partial charge in [0.1, 0.15) is 0 Å². The molecule has 0 aromatic heterocycles. The zero-order valence-electron chi connectivity index (χ0n) is 11.1. The second-order valence-electron chi connectivity index (χ2n) is 6.02. The molecular weight excluding hydrogens is 248 g/mol. The number of nitrogens with one attached hydrogen (secondary N) is 1. The maximum absolute atomic E-state index is 11.8. The van der Waals surface area contributed by atoms with E-state index in [2.05, 4.69) is 4.72 Å². The number of nitrogens with two attached hydrogens (primary N) is 1. The van der Waals surface area contributed by atoms with Crippen molar-refractivity contribution in [1.29, 1.82) is 0 Å². The quantitative estimate of drug-likeness (QED) is 0.738. The lowest BCUT2D eigenvalue weighted by atomic mass is 9.82. The Balaban J connectivity index is 1.64. The van der Waals surface area contributed by atoms with Gasteiger partial charge in [0.25, 0.3) is 0 Å². The minimum Gasteiger partial charge on any atom is -0.330 e. The molecule has 2 rings (SSSR count). The Kier molecular flexibility index (Phi) is 5.04. The minimum atomic E-state index is -3.03. The lowest BCUT2D eigenvalue weighted by Gasteiger charge is -2.27. The summed E-state index contributed by atoms with van der Waals surface area (Å²) in [5, 5.41) is 0. The lowest BCUT2D eigenvalue weighted by Crippen LogP contribution is -2.33. The van der Waals surface area contributed by atoms with Crippen molar-refractivity contribution >= 4 is 10.0 Å². The highest BCUT2D eigenvalue weighted by Crippen LogP contribution is 2.32. The molecule has 0 aromatic rings. The Morgan fingerprint density at radius 1 is 0.944 bits per heavy atom. The van der Waals surface area contributed by atoms with Crippen LogP contribution < -0.4 is 10.5 Å². The highest BCUT2D eigenvalue weighted by atomic mass is 32.2. The second-order valence-corrected chi connectivity index (χ2v) is 7.95. The molecule has 0 unspecified atom stereocenters. The molecule has 2 aliphatic carbocycles. The van der Waals surface area contributed by atoms with E-state index in [1.807, 2.05) is 0 Å². The normalized spacial score (nSPS) is 29.4. The van der Waals surface area contributed by atoms with Crippen molar-refractivity contribution in [2.75, 3.05) is 18.8 Å². The van der Waals surface area contributed by atoms with Crippen molar-refractivity contribution < 1.29 is 8.42 Å². The van der Waals surface area contributed by atoms with Crippen LogP contribution in [0.25, 0.3) is 0 Å². The minimum absolute atomic E-state index is 0.315. The van der Waals surface area contributed by atoms with Gasteiger partial charge in [0, 0.05) is 6.54 Å². The molecular formula is C13H26N2O2S. The van der Waals surface area contributed by atoms with Crippen LogP contribution in [-0.2, 0) is 10.0 Å². The van der Waals surface area contributed by atoms with Gasteiger partial charge in [0.05, 0.1) is 5.75 Å². The molecule has 2 fully saturated rings. The standard InChI is InChI=1S/C13H26N2O2S/c14-9-12-3-5-13(6-4-12)10-15-18(16,17)8-7-11-1-2-11/h11-13,15H,1-10,14H2. The van der Waals surface area contributed by atoms with Gasteiger partial charge in [0.15, 0.2) is 0 Å². The largest absolute Gasteiger partial charge is 0.330 e. The van der Waals surface area contributed by atoms with Crippen molar-refractivity contribution in [2.45, 2.75) is 44.9 Å². The summed E-state index contributed by atoms with van der Waals surface area (Å²) < 4.78 is 26.4. The molecule has 106 valence electrons. The fourth-order valence-corrected chi connectivity index (χ4v) is 3.99. The molecule has 4 nitrogen and oxygen atoms in total. The predicted octanol–water partition coefficient (Wildman–Crippen LogP) is 1.47. The highest BCUT2D eigenvalue weighted by Gasteiger charge is 2.25. The van der Waals surface area contributed by atoms with Gasteiger partial charge >= 0.3 is 0 Å². The Bertz CT molecular complexity index is 344. The van der Waals surface area contributed by atoms with E-state index in [1.54, 1.807) is 0 Å². The molecule has 0 heterocycles. The summed E-state index contributed by atoms with van der Waals surface area (Å²) in [6, 6.07) is 0. The predicted molar refractivity (Wildman–Crippen MR) is 73.6 cm³/mol. The summed E-state index contributed by atoms with van der Waals surface area (Å²) in [7, 11) is -3.03. The highest BCUT2D eigenvalue weighted by molar-refractivity contribution is 7.89. The third kappa shape index (κ3) is 4.86. The van der Waals surface area contributed by atoms with Crippen LogP contribution >= 0.6 is 0 Å². The average molecular weight is 274 g/mol. The lowest BCUT2D eigenvalue weighted by molar-refractivity contribution is 0.280. The Morgan fingerprint density at radius 3 is 2.06 bits per heavy atom. The van der Waals surface area contributed by atoms with Crippen LogP contribution in [0.5, 0.6) is 0 Å². The van der Waals surface area contributed by atoms with Crippen molar-refractivity contribution in [1.82, 2.24) is 4.72 Å². The first-order valence-electron chi connectivity index (χ1n) is 7.26. The summed E-state index contributed by atoms with van der Waals surface area (Å²) in [5.41, 5.74) is 5.65. The van der Waals surface area contributed by atoms with Gasteiger partial charge in [-0.15, -0.1) is 0 Å². The van der Waals surface area contributed by atoms with Crippen molar-refractivity contribution in [3.63, 3.8) is 0 Å². The van der Waals surface area contributed by atoms with Gasteiger partial charge < -0.3 is 5.73 Å². The van der Waals surface area contributed by atoms with Crippen molar-refractivity contribution in [3.05, 3.63) is 0 Å². The van der Waals surface area contributed by atoms with Crippen LogP contribution in [0.15, 0.2) is 0 Å². The number of sulfonamides is 1. The molecule has 0 spiro atoms. The molecule has 3 N–H and O–H groups in total. The maximum atomic E-state index is 11.8. The van der Waals surface area contributed by atoms with Gasteiger partial charge in [0.2, 0.25) is 10.0 Å². The molecule has 0 bridgehead atoms. The summed E-state index contributed by atoms with van der Waals surface area (Å²) in [6.07, 6.45) is 7.84. The van der Waals surface area contributed by atoms with Crippen LogP contribution in [-0.4, -0.2) is 27.3 Å². The molecule has 0 amide bonds. The topological polar surface area (TPSA) is 72.2 Å². The van der Waals surface area contributed by atoms with E-state index in [0.717, 1.165) is 38.6 Å². The van der Waals surface area contributed by atoms with Crippen LogP contribution in [0.1, 0.15) is 44.9 Å². The average Bonchev–Trinajstić information content (AvgIpc) is 3.19. The van der Waals surface area contributed by atoms with Gasteiger partial charge in [-0.1, -0.05) is 12.8 Å². The van der Waals surface area contributed by atoms with Crippen molar-refractivity contribution in [2.24, 2.45) is 23.5 Å². The molecule has 2 saturated carbocycles. The monoisotopic (exact) mass is 274 g/mol. The van der Waals surface area contributed by atoms with E-state index >= 15 is 0 Å². The van der Waals surface area contributed by atoms with Crippen LogP contribution in [0.3, 0.4) is 0 Å². The maximum Gasteiger partial charge on any atom is 0.211 e. The third-order valence-corrected chi connectivity index (χ3v) is 5.76.